The van der Waals surface area contributed by atoms with Crippen LogP contribution >= 0.6 is 11.3 Å². The van der Waals surface area contributed by atoms with Gasteiger partial charge in [-0.15, -0.1) is 17.9 Å². The lowest BCUT2D eigenvalue weighted by atomic mass is 9.84. The maximum atomic E-state index is 12.0. The fourth-order valence-electron chi connectivity index (χ4n) is 5.06. The molecule has 1 aromatic carbocycles. The number of anilines is 3. The number of sulfonamides is 1. The predicted octanol–water partition coefficient (Wildman–Crippen LogP) is 3.79. The fourth-order valence-corrected chi connectivity index (χ4v) is 7.05. The van der Waals surface area contributed by atoms with Crippen molar-refractivity contribution in [3.05, 3.63) is 47.5 Å². The number of hydrogen-bond acceptors (Lipinski definition) is 11. The highest BCUT2D eigenvalue weighted by Crippen LogP contribution is 2.38. The monoisotopic (exact) mass is 613 g/mol. The van der Waals surface area contributed by atoms with Crippen LogP contribution in [0.1, 0.15) is 37.5 Å². The topological polar surface area (TPSA) is 123 Å². The van der Waals surface area contributed by atoms with E-state index in [-0.39, 0.29) is 11.2 Å². The molecule has 0 spiro atoms. The van der Waals surface area contributed by atoms with Crippen LogP contribution in [0.15, 0.2) is 36.0 Å². The quantitative estimate of drug-likeness (QED) is 0.222. The Hall–Kier alpha value is -3.26. The average Bonchev–Trinajstić information content (AvgIpc) is 3.38. The number of piperazine rings is 1. The summed E-state index contributed by atoms with van der Waals surface area (Å²) in [4.78, 5) is 14.0. The molecule has 2 N–H and O–H groups in total. The third-order valence-corrected chi connectivity index (χ3v) is 9.97. The summed E-state index contributed by atoms with van der Waals surface area (Å²) in [5, 5.41) is 16.3. The number of ether oxygens (including phenoxy) is 1. The van der Waals surface area contributed by atoms with Gasteiger partial charge in [0.2, 0.25) is 16.0 Å². The van der Waals surface area contributed by atoms with Crippen molar-refractivity contribution in [1.82, 2.24) is 14.3 Å². The first-order valence-electron chi connectivity index (χ1n) is 14.0. The summed E-state index contributed by atoms with van der Waals surface area (Å²) in [6.45, 7) is 15.0. The van der Waals surface area contributed by atoms with Crippen LogP contribution in [0.4, 0.5) is 16.8 Å². The molecule has 42 heavy (non-hydrogen) atoms. The van der Waals surface area contributed by atoms with E-state index < -0.39 is 10.0 Å². The molecule has 226 valence electrons. The van der Waals surface area contributed by atoms with Gasteiger partial charge in [0.15, 0.2) is 5.82 Å². The Bertz CT molecular complexity index is 1580. The number of aromatic nitrogens is 2. The molecule has 0 unspecified atom stereocenters. The minimum absolute atomic E-state index is 0.102. The molecule has 0 amide bonds. The van der Waals surface area contributed by atoms with Gasteiger partial charge in [-0.05, 0) is 35.1 Å². The first-order chi connectivity index (χ1) is 19.9. The minimum Gasteiger partial charge on any atom is -0.507 e. The highest BCUT2D eigenvalue weighted by Gasteiger charge is 2.26. The van der Waals surface area contributed by atoms with Crippen LogP contribution in [0.2, 0.25) is 0 Å². The predicted molar refractivity (Wildman–Crippen MR) is 171 cm³/mol. The number of hydrazone groups is 1. The molecule has 0 aliphatic carbocycles. The zero-order chi connectivity index (χ0) is 30.1. The van der Waals surface area contributed by atoms with Gasteiger partial charge in [0.25, 0.3) is 0 Å². The van der Waals surface area contributed by atoms with Crippen molar-refractivity contribution >= 4 is 54.6 Å². The number of phenols is 1. The van der Waals surface area contributed by atoms with Crippen LogP contribution in [0.5, 0.6) is 5.75 Å². The molecule has 3 aromatic rings. The van der Waals surface area contributed by atoms with Gasteiger partial charge < -0.3 is 19.6 Å². The maximum absolute atomic E-state index is 12.0. The molecule has 0 bridgehead atoms. The zero-order valence-electron chi connectivity index (χ0n) is 24.6. The summed E-state index contributed by atoms with van der Waals surface area (Å²) in [7, 11) is -3.20. The molecule has 0 radical (unpaired) electrons. The van der Waals surface area contributed by atoms with Crippen LogP contribution in [-0.4, -0.2) is 92.8 Å². The SMILES string of the molecule is C=CCc1cc(C(C)(C)C)cc(/C=N/Nc2nc(N3CCOCC3)c3sc(N4CCN(S(C)(=O)=O)CC4)cc3n2)c1O. The van der Waals surface area contributed by atoms with Gasteiger partial charge in [-0.3, -0.25) is 0 Å². The lowest BCUT2D eigenvalue weighted by Crippen LogP contribution is -2.48. The Morgan fingerprint density at radius 3 is 2.45 bits per heavy atom. The molecule has 11 nitrogen and oxygen atoms in total. The Balaban J connectivity index is 1.44. The number of thiophene rings is 1. The largest absolute Gasteiger partial charge is 0.507 e. The van der Waals surface area contributed by atoms with Crippen LogP contribution in [0.25, 0.3) is 10.2 Å². The molecule has 2 aromatic heterocycles. The second kappa shape index (κ2) is 12.2. The van der Waals surface area contributed by atoms with E-state index in [0.29, 0.717) is 70.4 Å². The minimum atomic E-state index is -3.20. The summed E-state index contributed by atoms with van der Waals surface area (Å²) in [6, 6.07) is 6.00. The summed E-state index contributed by atoms with van der Waals surface area (Å²) in [6.07, 6.45) is 5.18. The van der Waals surface area contributed by atoms with Crippen molar-refractivity contribution in [2.75, 3.05) is 74.0 Å². The van der Waals surface area contributed by atoms with Gasteiger partial charge in [0.05, 0.1) is 40.9 Å². The van der Waals surface area contributed by atoms with E-state index in [9.17, 15) is 13.5 Å². The lowest BCUT2D eigenvalue weighted by Gasteiger charge is -2.33. The third kappa shape index (κ3) is 6.69. The second-order valence-corrected chi connectivity index (χ2v) is 14.6. The van der Waals surface area contributed by atoms with Crippen molar-refractivity contribution < 1.29 is 18.3 Å². The molecule has 5 rings (SSSR count). The molecular formula is C29H39N7O4S2. The van der Waals surface area contributed by atoms with Crippen molar-refractivity contribution in [1.29, 1.82) is 0 Å². The van der Waals surface area contributed by atoms with E-state index in [1.807, 2.05) is 18.2 Å². The number of morpholine rings is 1. The van der Waals surface area contributed by atoms with Gasteiger partial charge >= 0.3 is 0 Å². The van der Waals surface area contributed by atoms with Gasteiger partial charge in [-0.1, -0.05) is 32.9 Å². The van der Waals surface area contributed by atoms with Gasteiger partial charge in [0, 0.05) is 44.8 Å². The number of aromatic hydroxyl groups is 1. The fraction of sp³-hybridized carbons (Fsp3) is 0.483. The molecule has 4 heterocycles. The molecule has 0 saturated carbocycles. The second-order valence-electron chi connectivity index (χ2n) is 11.6. The number of hydrogen-bond donors (Lipinski definition) is 2. The molecule has 2 saturated heterocycles. The highest BCUT2D eigenvalue weighted by molar-refractivity contribution is 7.88. The standard InChI is InChI=1S/C29H39N7O4S2/c1-6-7-20-16-22(29(2,3)4)17-21(25(20)37)19-30-33-28-31-23-18-24(34-8-10-36(11-9-34)42(5,38)39)41-26(23)27(32-28)35-12-14-40-15-13-35/h6,16-19,37H,1,7-15H2,2-5H3,(H,31,32,33)/b30-19+. The molecule has 2 aliphatic rings. The van der Waals surface area contributed by atoms with Crippen molar-refractivity contribution in [3.63, 3.8) is 0 Å². The number of nitrogens with one attached hydrogen (secondary N) is 1. The van der Waals surface area contributed by atoms with E-state index in [1.165, 1.54) is 10.6 Å². The average molecular weight is 614 g/mol. The Morgan fingerprint density at radius 2 is 1.81 bits per heavy atom. The summed E-state index contributed by atoms with van der Waals surface area (Å²) in [5.74, 6) is 1.35. The number of rotatable bonds is 8. The van der Waals surface area contributed by atoms with Gasteiger partial charge in [-0.2, -0.15) is 14.4 Å². The van der Waals surface area contributed by atoms with E-state index >= 15 is 0 Å². The van der Waals surface area contributed by atoms with Crippen LogP contribution in [-0.2, 0) is 26.6 Å². The van der Waals surface area contributed by atoms with Crippen LogP contribution < -0.4 is 15.2 Å². The maximum Gasteiger partial charge on any atom is 0.246 e. The van der Waals surface area contributed by atoms with Gasteiger partial charge in [-0.25, -0.2) is 18.8 Å². The number of nitrogens with zero attached hydrogens (tertiary/aromatic N) is 6. The smallest absolute Gasteiger partial charge is 0.246 e. The molecule has 2 aliphatic heterocycles. The van der Waals surface area contributed by atoms with Crippen molar-refractivity contribution in [2.45, 2.75) is 32.6 Å². The first kappa shape index (κ1) is 30.2. The number of allylic oxidation sites excluding steroid dienone is 1. The zero-order valence-corrected chi connectivity index (χ0v) is 26.3. The number of phenolic OH excluding ortho intramolecular Hbond substituents is 1. The molecule has 0 atom stereocenters. The summed E-state index contributed by atoms with van der Waals surface area (Å²) < 4.78 is 32.0. The Kier molecular flexibility index (Phi) is 8.74. The Labute approximate surface area is 251 Å². The molecular weight excluding hydrogens is 574 g/mol. The van der Waals surface area contributed by atoms with Crippen LogP contribution in [0, 0.1) is 0 Å². The van der Waals surface area contributed by atoms with Crippen LogP contribution in [0.3, 0.4) is 0 Å². The Morgan fingerprint density at radius 1 is 1.10 bits per heavy atom. The first-order valence-corrected chi connectivity index (χ1v) is 16.7. The normalized spacial score (nSPS) is 17.3. The van der Waals surface area contributed by atoms with E-state index in [0.717, 1.165) is 32.2 Å². The van der Waals surface area contributed by atoms with E-state index in [2.05, 4.69) is 47.7 Å². The number of fused-ring (bicyclic) bond motifs is 1. The highest BCUT2D eigenvalue weighted by atomic mass is 32.2. The molecule has 2 fully saturated rings. The van der Waals surface area contributed by atoms with E-state index in [1.54, 1.807) is 23.6 Å². The number of benzene rings is 1. The lowest BCUT2D eigenvalue weighted by molar-refractivity contribution is 0.122. The summed E-state index contributed by atoms with van der Waals surface area (Å²) in [5.41, 5.74) is 6.17. The third-order valence-electron chi connectivity index (χ3n) is 7.49. The van der Waals surface area contributed by atoms with Crippen molar-refractivity contribution in [2.24, 2.45) is 5.10 Å². The molecule has 13 heteroatoms. The summed E-state index contributed by atoms with van der Waals surface area (Å²) >= 11 is 1.62. The van der Waals surface area contributed by atoms with E-state index in [4.69, 9.17) is 14.7 Å². The van der Waals surface area contributed by atoms with Crippen molar-refractivity contribution in [3.8, 4) is 5.75 Å². The van der Waals surface area contributed by atoms with Gasteiger partial charge in [0.1, 0.15) is 5.75 Å².